The van der Waals surface area contributed by atoms with Gasteiger partial charge in [-0.15, -0.1) is 0 Å². The highest BCUT2D eigenvalue weighted by Crippen LogP contribution is 2.53. The molecule has 1 aliphatic heterocycles. The maximum absolute atomic E-state index is 12.1. The molecular formula is C17H31NO3. The normalized spacial score (nSPS) is 26.3. The Bertz CT molecular complexity index is 369. The molecule has 1 amide bonds. The van der Waals surface area contributed by atoms with Gasteiger partial charge < -0.3 is 14.7 Å². The molecule has 4 nitrogen and oxygen atoms in total. The van der Waals surface area contributed by atoms with E-state index in [1.54, 1.807) is 0 Å². The van der Waals surface area contributed by atoms with Gasteiger partial charge in [0.25, 0.3) is 0 Å². The van der Waals surface area contributed by atoms with E-state index in [1.807, 2.05) is 32.6 Å². The first-order valence-electron chi connectivity index (χ1n) is 8.38. The maximum atomic E-state index is 12.1. The monoisotopic (exact) mass is 297 g/mol. The fourth-order valence-corrected chi connectivity index (χ4v) is 3.32. The third kappa shape index (κ3) is 4.60. The Morgan fingerprint density at radius 2 is 2.10 bits per heavy atom. The van der Waals surface area contributed by atoms with Crippen molar-refractivity contribution in [2.24, 2.45) is 11.3 Å². The van der Waals surface area contributed by atoms with Crippen molar-refractivity contribution >= 4 is 6.09 Å². The highest BCUT2D eigenvalue weighted by Gasteiger charge is 2.46. The minimum Gasteiger partial charge on any atom is -0.444 e. The predicted molar refractivity (Wildman–Crippen MR) is 83.1 cm³/mol. The summed E-state index contributed by atoms with van der Waals surface area (Å²) in [5, 5.41) is 9.86. The highest BCUT2D eigenvalue weighted by atomic mass is 16.6. The number of amides is 1. The molecule has 0 radical (unpaired) electrons. The number of aliphatic hydroxyl groups is 1. The number of carbonyl (C=O) groups excluding carboxylic acids is 1. The van der Waals surface area contributed by atoms with E-state index in [2.05, 4.69) is 0 Å². The van der Waals surface area contributed by atoms with Crippen molar-refractivity contribution in [2.45, 2.75) is 77.9 Å². The lowest BCUT2D eigenvalue weighted by molar-refractivity contribution is 0.0150. The average Bonchev–Trinajstić information content (AvgIpc) is 3.16. The quantitative estimate of drug-likeness (QED) is 0.863. The molecule has 2 fully saturated rings. The first-order chi connectivity index (χ1) is 9.72. The molecule has 1 saturated heterocycles. The van der Waals surface area contributed by atoms with Gasteiger partial charge in [0.15, 0.2) is 0 Å². The van der Waals surface area contributed by atoms with Crippen molar-refractivity contribution in [3.05, 3.63) is 0 Å². The Morgan fingerprint density at radius 3 is 2.62 bits per heavy atom. The Kier molecular flexibility index (Phi) is 4.86. The molecule has 21 heavy (non-hydrogen) atoms. The molecule has 0 aromatic carbocycles. The van der Waals surface area contributed by atoms with E-state index in [0.29, 0.717) is 5.92 Å². The van der Waals surface area contributed by atoms with Crippen molar-refractivity contribution in [3.63, 3.8) is 0 Å². The molecule has 2 aliphatic rings. The Balaban J connectivity index is 1.80. The van der Waals surface area contributed by atoms with E-state index in [0.717, 1.165) is 45.2 Å². The minimum absolute atomic E-state index is 0.177. The number of piperidine rings is 1. The summed E-state index contributed by atoms with van der Waals surface area (Å²) in [5.41, 5.74) is -0.234. The summed E-state index contributed by atoms with van der Waals surface area (Å²) in [5.74, 6) is 0.558. The molecule has 0 bridgehead atoms. The van der Waals surface area contributed by atoms with E-state index in [9.17, 15) is 9.90 Å². The number of rotatable bonds is 4. The van der Waals surface area contributed by atoms with Crippen LogP contribution >= 0.6 is 0 Å². The van der Waals surface area contributed by atoms with Crippen LogP contribution in [-0.2, 0) is 4.74 Å². The fourth-order valence-electron chi connectivity index (χ4n) is 3.32. The first-order valence-corrected chi connectivity index (χ1v) is 8.38. The smallest absolute Gasteiger partial charge is 0.410 e. The van der Waals surface area contributed by atoms with Gasteiger partial charge in [-0.05, 0) is 77.6 Å². The van der Waals surface area contributed by atoms with E-state index in [4.69, 9.17) is 4.74 Å². The topological polar surface area (TPSA) is 49.8 Å². The fraction of sp³-hybridized carbons (Fsp3) is 0.941. The molecule has 1 heterocycles. The molecule has 1 aliphatic carbocycles. The summed E-state index contributed by atoms with van der Waals surface area (Å²) < 4.78 is 5.47. The lowest BCUT2D eigenvalue weighted by atomic mass is 9.86. The van der Waals surface area contributed by atoms with Crippen LogP contribution in [0.1, 0.15) is 66.2 Å². The molecule has 0 spiro atoms. The summed E-state index contributed by atoms with van der Waals surface area (Å²) in [6.45, 7) is 9.27. The van der Waals surface area contributed by atoms with Crippen molar-refractivity contribution < 1.29 is 14.6 Å². The average molecular weight is 297 g/mol. The molecule has 0 aromatic heterocycles. The van der Waals surface area contributed by atoms with Crippen molar-refractivity contribution in [1.29, 1.82) is 0 Å². The zero-order valence-electron chi connectivity index (χ0n) is 14.0. The van der Waals surface area contributed by atoms with Crippen LogP contribution in [0, 0.1) is 11.3 Å². The van der Waals surface area contributed by atoms with Crippen molar-refractivity contribution in [3.8, 4) is 0 Å². The van der Waals surface area contributed by atoms with Crippen LogP contribution in [0.25, 0.3) is 0 Å². The van der Waals surface area contributed by atoms with Crippen LogP contribution < -0.4 is 0 Å². The predicted octanol–water partition coefficient (Wildman–Crippen LogP) is 3.57. The van der Waals surface area contributed by atoms with Gasteiger partial charge in [-0.1, -0.05) is 0 Å². The van der Waals surface area contributed by atoms with Gasteiger partial charge in [-0.25, -0.2) is 4.79 Å². The van der Waals surface area contributed by atoms with Gasteiger partial charge in [0.1, 0.15) is 5.60 Å². The van der Waals surface area contributed by atoms with Crippen LogP contribution in [0.5, 0.6) is 0 Å². The lowest BCUT2D eigenvalue weighted by Crippen LogP contribution is -2.43. The van der Waals surface area contributed by atoms with Gasteiger partial charge in [0, 0.05) is 13.1 Å². The van der Waals surface area contributed by atoms with E-state index in [1.165, 1.54) is 6.42 Å². The lowest BCUT2D eigenvalue weighted by Gasteiger charge is -2.35. The second-order valence-corrected chi connectivity index (χ2v) is 8.01. The molecule has 2 rings (SSSR count). The van der Waals surface area contributed by atoms with Crippen LogP contribution in [0.4, 0.5) is 4.79 Å². The Morgan fingerprint density at radius 1 is 1.43 bits per heavy atom. The van der Waals surface area contributed by atoms with Crippen LogP contribution in [0.2, 0.25) is 0 Å². The molecule has 1 N–H and O–H groups in total. The largest absolute Gasteiger partial charge is 0.444 e. The number of carbonyl (C=O) groups is 1. The van der Waals surface area contributed by atoms with Gasteiger partial charge in [-0.2, -0.15) is 0 Å². The van der Waals surface area contributed by atoms with Crippen molar-refractivity contribution in [1.82, 2.24) is 4.90 Å². The molecule has 0 aromatic rings. The van der Waals surface area contributed by atoms with E-state index < -0.39 is 5.60 Å². The molecule has 2 atom stereocenters. The summed E-state index contributed by atoms with van der Waals surface area (Å²) in [7, 11) is 0. The summed E-state index contributed by atoms with van der Waals surface area (Å²) in [6.07, 6.45) is 6.41. The van der Waals surface area contributed by atoms with Crippen LogP contribution in [0.15, 0.2) is 0 Å². The van der Waals surface area contributed by atoms with Gasteiger partial charge in [0.2, 0.25) is 0 Å². The molecule has 4 heteroatoms. The maximum Gasteiger partial charge on any atom is 0.410 e. The Labute approximate surface area is 128 Å². The zero-order valence-corrected chi connectivity index (χ0v) is 14.0. The first kappa shape index (κ1) is 16.6. The van der Waals surface area contributed by atoms with Crippen LogP contribution in [0.3, 0.4) is 0 Å². The SMILES string of the molecule is CC(O)C1(CCC2CCCN(C(=O)OC(C)(C)C)C2)CC1. The summed E-state index contributed by atoms with van der Waals surface area (Å²) >= 11 is 0. The standard InChI is InChI=1S/C17H31NO3/c1-13(19)17(9-10-17)8-7-14-6-5-11-18(12-14)15(20)21-16(2,3)4/h13-14,19H,5-12H2,1-4H3. The number of nitrogens with zero attached hydrogens (tertiary/aromatic N) is 1. The number of likely N-dealkylation sites (tertiary alicyclic amines) is 1. The second-order valence-electron chi connectivity index (χ2n) is 8.01. The van der Waals surface area contributed by atoms with E-state index >= 15 is 0 Å². The van der Waals surface area contributed by atoms with E-state index in [-0.39, 0.29) is 17.6 Å². The number of hydrogen-bond donors (Lipinski definition) is 1. The second kappa shape index (κ2) is 6.15. The van der Waals surface area contributed by atoms with Gasteiger partial charge >= 0.3 is 6.09 Å². The minimum atomic E-state index is -0.422. The number of hydrogen-bond acceptors (Lipinski definition) is 3. The molecule has 2 unspecified atom stereocenters. The summed E-state index contributed by atoms with van der Waals surface area (Å²) in [4.78, 5) is 14.0. The molecular weight excluding hydrogens is 266 g/mol. The highest BCUT2D eigenvalue weighted by molar-refractivity contribution is 5.68. The third-order valence-corrected chi connectivity index (χ3v) is 5.00. The number of ether oxygens (including phenoxy) is 1. The van der Waals surface area contributed by atoms with Crippen LogP contribution in [-0.4, -0.2) is 40.9 Å². The zero-order chi connectivity index (χ0) is 15.7. The molecule has 1 saturated carbocycles. The third-order valence-electron chi connectivity index (χ3n) is 5.00. The number of aliphatic hydroxyl groups excluding tert-OH is 1. The molecule has 122 valence electrons. The van der Waals surface area contributed by atoms with Gasteiger partial charge in [0.05, 0.1) is 6.10 Å². The summed E-state index contributed by atoms with van der Waals surface area (Å²) in [6, 6.07) is 0. The Hall–Kier alpha value is -0.770. The van der Waals surface area contributed by atoms with Gasteiger partial charge in [-0.3, -0.25) is 0 Å². The van der Waals surface area contributed by atoms with Crippen molar-refractivity contribution in [2.75, 3.05) is 13.1 Å².